The zero-order valence-corrected chi connectivity index (χ0v) is 8.61. The molecule has 5 heteroatoms. The summed E-state index contributed by atoms with van der Waals surface area (Å²) >= 11 is 0. The minimum Gasteiger partial charge on any atom is -0.493 e. The highest BCUT2D eigenvalue weighted by atomic mass is 16.5. The fourth-order valence-electron chi connectivity index (χ4n) is 1.19. The molecule has 0 saturated carbocycles. The lowest BCUT2D eigenvalue weighted by Crippen LogP contribution is -2.05. The summed E-state index contributed by atoms with van der Waals surface area (Å²) < 4.78 is 10.2. The molecule has 0 fully saturated rings. The first-order chi connectivity index (χ1) is 7.10. The lowest BCUT2D eigenvalue weighted by atomic mass is 10.1. The van der Waals surface area contributed by atoms with Crippen LogP contribution in [0.3, 0.4) is 0 Å². The second-order valence-electron chi connectivity index (χ2n) is 2.83. The molecular formula is C10H13NO4. The topological polar surface area (TPSA) is 81.8 Å². The Hall–Kier alpha value is -1.91. The summed E-state index contributed by atoms with van der Waals surface area (Å²) in [6.45, 7) is 2.23. The number of aromatic carboxylic acids is 1. The molecule has 0 radical (unpaired) electrons. The molecule has 0 aromatic heterocycles. The van der Waals surface area contributed by atoms with Crippen molar-refractivity contribution in [1.82, 2.24) is 0 Å². The number of anilines is 1. The van der Waals surface area contributed by atoms with E-state index < -0.39 is 5.97 Å². The number of carboxylic acid groups (broad SMARTS) is 1. The van der Waals surface area contributed by atoms with E-state index in [0.717, 1.165) is 0 Å². The maximum Gasteiger partial charge on any atom is 0.337 e. The van der Waals surface area contributed by atoms with Crippen LogP contribution in [0.15, 0.2) is 12.1 Å². The number of hydrogen-bond acceptors (Lipinski definition) is 4. The summed E-state index contributed by atoms with van der Waals surface area (Å²) in [5.74, 6) is -0.276. The van der Waals surface area contributed by atoms with Gasteiger partial charge in [-0.1, -0.05) is 0 Å². The van der Waals surface area contributed by atoms with Crippen molar-refractivity contribution in [2.45, 2.75) is 6.92 Å². The number of carbonyl (C=O) groups is 1. The number of hydrogen-bond donors (Lipinski definition) is 2. The fourth-order valence-corrected chi connectivity index (χ4v) is 1.19. The molecule has 5 nitrogen and oxygen atoms in total. The van der Waals surface area contributed by atoms with Crippen molar-refractivity contribution in [3.63, 3.8) is 0 Å². The van der Waals surface area contributed by atoms with E-state index in [2.05, 4.69) is 0 Å². The number of methoxy groups -OCH3 is 1. The first kappa shape index (κ1) is 11.2. The predicted octanol–water partition coefficient (Wildman–Crippen LogP) is 1.37. The summed E-state index contributed by atoms with van der Waals surface area (Å²) in [7, 11) is 1.47. The van der Waals surface area contributed by atoms with Crippen LogP contribution in [0.1, 0.15) is 17.3 Å². The van der Waals surface area contributed by atoms with E-state index in [1.165, 1.54) is 19.2 Å². The third-order valence-electron chi connectivity index (χ3n) is 1.87. The highest BCUT2D eigenvalue weighted by molar-refractivity contribution is 5.94. The summed E-state index contributed by atoms with van der Waals surface area (Å²) in [6.07, 6.45) is 0. The molecule has 1 aromatic rings. The van der Waals surface area contributed by atoms with Crippen molar-refractivity contribution in [2.75, 3.05) is 19.5 Å². The molecule has 1 aromatic carbocycles. The standard InChI is InChI=1S/C10H13NO4/c1-3-15-9-4-6(10(12)13)7(11)5-8(9)14-2/h4-5H,3,11H2,1-2H3,(H,12,13). The number of ether oxygens (including phenoxy) is 2. The predicted molar refractivity (Wildman–Crippen MR) is 55.5 cm³/mol. The van der Waals surface area contributed by atoms with Crippen LogP contribution in [0.4, 0.5) is 5.69 Å². The van der Waals surface area contributed by atoms with Gasteiger partial charge >= 0.3 is 5.97 Å². The highest BCUT2D eigenvalue weighted by Gasteiger charge is 2.14. The van der Waals surface area contributed by atoms with Gasteiger partial charge in [-0.2, -0.15) is 0 Å². The van der Waals surface area contributed by atoms with Crippen LogP contribution in [0.5, 0.6) is 11.5 Å². The Morgan fingerprint density at radius 1 is 1.47 bits per heavy atom. The van der Waals surface area contributed by atoms with Gasteiger partial charge in [0.25, 0.3) is 0 Å². The largest absolute Gasteiger partial charge is 0.493 e. The normalized spacial score (nSPS) is 9.73. The van der Waals surface area contributed by atoms with Crippen LogP contribution in [-0.2, 0) is 0 Å². The van der Waals surface area contributed by atoms with Crippen LogP contribution >= 0.6 is 0 Å². The maximum absolute atomic E-state index is 10.8. The van der Waals surface area contributed by atoms with Crippen molar-refractivity contribution < 1.29 is 19.4 Å². The molecule has 0 aliphatic rings. The number of nitrogen functional groups attached to an aromatic ring is 1. The van der Waals surface area contributed by atoms with Gasteiger partial charge in [0.2, 0.25) is 0 Å². The third-order valence-corrected chi connectivity index (χ3v) is 1.87. The van der Waals surface area contributed by atoms with Gasteiger partial charge in [0, 0.05) is 12.1 Å². The van der Waals surface area contributed by atoms with Crippen molar-refractivity contribution >= 4 is 11.7 Å². The number of benzene rings is 1. The van der Waals surface area contributed by atoms with Gasteiger partial charge in [-0.25, -0.2) is 4.79 Å². The third kappa shape index (κ3) is 2.31. The molecule has 3 N–H and O–H groups in total. The van der Waals surface area contributed by atoms with E-state index in [1.807, 2.05) is 0 Å². The molecule has 0 bridgehead atoms. The first-order valence-electron chi connectivity index (χ1n) is 4.43. The number of carboxylic acids is 1. The van der Waals surface area contributed by atoms with Crippen molar-refractivity contribution in [2.24, 2.45) is 0 Å². The average molecular weight is 211 g/mol. The number of rotatable bonds is 4. The molecule has 82 valence electrons. The molecule has 0 atom stereocenters. The summed E-state index contributed by atoms with van der Waals surface area (Å²) in [6, 6.07) is 2.80. The Morgan fingerprint density at radius 2 is 2.13 bits per heavy atom. The van der Waals surface area contributed by atoms with Crippen molar-refractivity contribution in [1.29, 1.82) is 0 Å². The van der Waals surface area contributed by atoms with Gasteiger partial charge in [0.05, 0.1) is 25.0 Å². The second-order valence-corrected chi connectivity index (χ2v) is 2.83. The van der Waals surface area contributed by atoms with E-state index in [-0.39, 0.29) is 11.3 Å². The molecule has 0 spiro atoms. The average Bonchev–Trinajstić information content (AvgIpc) is 2.20. The van der Waals surface area contributed by atoms with Gasteiger partial charge in [0.15, 0.2) is 11.5 Å². The van der Waals surface area contributed by atoms with Crippen LogP contribution in [0, 0.1) is 0 Å². The maximum atomic E-state index is 10.8. The number of nitrogens with two attached hydrogens (primary N) is 1. The summed E-state index contributed by atoms with van der Waals surface area (Å²) in [5, 5.41) is 8.85. The summed E-state index contributed by atoms with van der Waals surface area (Å²) in [5.41, 5.74) is 5.72. The van der Waals surface area contributed by atoms with Crippen LogP contribution in [0.25, 0.3) is 0 Å². The van der Waals surface area contributed by atoms with Gasteiger partial charge in [0.1, 0.15) is 0 Å². The zero-order valence-electron chi connectivity index (χ0n) is 8.61. The Labute approximate surface area is 87.4 Å². The van der Waals surface area contributed by atoms with Crippen LogP contribution in [0.2, 0.25) is 0 Å². The minimum absolute atomic E-state index is 0.0132. The Balaban J connectivity index is 3.23. The molecule has 0 unspecified atom stereocenters. The Kier molecular flexibility index (Phi) is 3.38. The minimum atomic E-state index is -1.09. The van der Waals surface area contributed by atoms with Gasteiger partial charge in [-0.15, -0.1) is 0 Å². The van der Waals surface area contributed by atoms with Crippen molar-refractivity contribution in [3.8, 4) is 11.5 Å². The first-order valence-corrected chi connectivity index (χ1v) is 4.43. The molecule has 0 amide bonds. The molecule has 0 aliphatic carbocycles. The van der Waals surface area contributed by atoms with E-state index >= 15 is 0 Å². The van der Waals surface area contributed by atoms with Gasteiger partial charge in [-0.05, 0) is 6.92 Å². The van der Waals surface area contributed by atoms with Crippen molar-refractivity contribution in [3.05, 3.63) is 17.7 Å². The van der Waals surface area contributed by atoms with Crippen LogP contribution in [-0.4, -0.2) is 24.8 Å². The second kappa shape index (κ2) is 4.54. The van der Waals surface area contributed by atoms with E-state index in [4.69, 9.17) is 20.3 Å². The van der Waals surface area contributed by atoms with Gasteiger partial charge < -0.3 is 20.3 Å². The van der Waals surface area contributed by atoms with E-state index in [9.17, 15) is 4.79 Å². The molecule has 0 aliphatic heterocycles. The SMILES string of the molecule is CCOc1cc(C(=O)O)c(N)cc1OC. The highest BCUT2D eigenvalue weighted by Crippen LogP contribution is 2.32. The molecule has 15 heavy (non-hydrogen) atoms. The Morgan fingerprint density at radius 3 is 2.60 bits per heavy atom. The monoisotopic (exact) mass is 211 g/mol. The summed E-state index contributed by atoms with van der Waals surface area (Å²) in [4.78, 5) is 10.8. The Bertz CT molecular complexity index is 376. The zero-order chi connectivity index (χ0) is 11.4. The quantitative estimate of drug-likeness (QED) is 0.735. The molecular weight excluding hydrogens is 198 g/mol. The smallest absolute Gasteiger partial charge is 0.337 e. The molecule has 0 heterocycles. The fraction of sp³-hybridized carbons (Fsp3) is 0.300. The lowest BCUT2D eigenvalue weighted by Gasteiger charge is -2.11. The van der Waals surface area contributed by atoms with Gasteiger partial charge in [-0.3, -0.25) is 0 Å². The molecule has 0 saturated heterocycles. The van der Waals surface area contributed by atoms with E-state index in [0.29, 0.717) is 18.1 Å². The molecule has 1 rings (SSSR count). The van der Waals surface area contributed by atoms with Crippen LogP contribution < -0.4 is 15.2 Å². The van der Waals surface area contributed by atoms with E-state index in [1.54, 1.807) is 6.92 Å². The lowest BCUT2D eigenvalue weighted by molar-refractivity contribution is 0.0697.